The van der Waals surface area contributed by atoms with Crippen molar-refractivity contribution in [3.63, 3.8) is 0 Å². The maximum Gasteiger partial charge on any atom is 0.394 e. The van der Waals surface area contributed by atoms with E-state index in [9.17, 15) is 19.2 Å². The fraction of sp³-hybridized carbons (Fsp3) is 0.333. The van der Waals surface area contributed by atoms with Crippen molar-refractivity contribution in [3.8, 4) is 0 Å². The lowest BCUT2D eigenvalue weighted by Gasteiger charge is -2.12. The number of primary amides is 1. The molecule has 0 saturated heterocycles. The summed E-state index contributed by atoms with van der Waals surface area (Å²) in [4.78, 5) is 41.4. The second-order valence-corrected chi connectivity index (χ2v) is 2.41. The van der Waals surface area contributed by atoms with Gasteiger partial charge in [0.25, 0.3) is 0 Å². The molecule has 0 aliphatic heterocycles. The Hall–Kier alpha value is -2.32. The van der Waals surface area contributed by atoms with Gasteiger partial charge < -0.3 is 26.6 Å². The molecule has 15 heavy (non-hydrogen) atoms. The molecule has 9 nitrogen and oxygen atoms in total. The molecular weight excluding hydrogens is 210 g/mol. The quantitative estimate of drug-likeness (QED) is 0.323. The van der Waals surface area contributed by atoms with Crippen LogP contribution in [0.15, 0.2) is 0 Å². The molecular formula is C6H9N3O6. The van der Waals surface area contributed by atoms with Crippen molar-refractivity contribution in [2.24, 2.45) is 5.73 Å². The van der Waals surface area contributed by atoms with Crippen LogP contribution in [0.25, 0.3) is 0 Å². The summed E-state index contributed by atoms with van der Waals surface area (Å²) in [6, 6.07) is -2.52. The molecule has 3 amide bonds. The van der Waals surface area contributed by atoms with Gasteiger partial charge in [0.2, 0.25) is 0 Å². The van der Waals surface area contributed by atoms with Gasteiger partial charge in [-0.3, -0.25) is 4.79 Å². The van der Waals surface area contributed by atoms with Crippen LogP contribution in [0.2, 0.25) is 0 Å². The lowest BCUT2D eigenvalue weighted by atomic mass is 10.3. The number of carboxylic acid groups (broad SMARTS) is 2. The molecule has 0 bridgehead atoms. The summed E-state index contributed by atoms with van der Waals surface area (Å²) in [5.74, 6) is -4.78. The molecule has 0 radical (unpaired) electrons. The van der Waals surface area contributed by atoms with E-state index in [1.807, 2.05) is 5.32 Å². The van der Waals surface area contributed by atoms with E-state index in [1.54, 1.807) is 5.32 Å². The van der Waals surface area contributed by atoms with Crippen molar-refractivity contribution < 1.29 is 29.4 Å². The van der Waals surface area contributed by atoms with Crippen LogP contribution in [0.3, 0.4) is 0 Å². The predicted molar refractivity (Wildman–Crippen MR) is 44.8 cm³/mol. The summed E-state index contributed by atoms with van der Waals surface area (Å²) in [5.41, 5.74) is 4.66. The lowest BCUT2D eigenvalue weighted by molar-refractivity contribution is -0.152. The third kappa shape index (κ3) is 5.08. The highest BCUT2D eigenvalue weighted by Gasteiger charge is 2.23. The van der Waals surface area contributed by atoms with Crippen LogP contribution in [0.1, 0.15) is 0 Å². The van der Waals surface area contributed by atoms with Gasteiger partial charge in [-0.15, -0.1) is 0 Å². The molecule has 0 aliphatic rings. The smallest absolute Gasteiger partial charge is 0.394 e. The number of amides is 3. The number of carboxylic acids is 2. The highest BCUT2D eigenvalue weighted by Crippen LogP contribution is 1.83. The van der Waals surface area contributed by atoms with Crippen molar-refractivity contribution in [1.29, 1.82) is 0 Å². The van der Waals surface area contributed by atoms with Gasteiger partial charge in [0.15, 0.2) is 0 Å². The zero-order valence-electron chi connectivity index (χ0n) is 7.39. The fourth-order valence-electron chi connectivity index (χ4n) is 0.623. The predicted octanol–water partition coefficient (Wildman–Crippen LogP) is -2.69. The van der Waals surface area contributed by atoms with E-state index < -0.39 is 36.5 Å². The van der Waals surface area contributed by atoms with Gasteiger partial charge in [0, 0.05) is 0 Å². The van der Waals surface area contributed by atoms with Crippen molar-refractivity contribution >= 4 is 23.9 Å². The summed E-state index contributed by atoms with van der Waals surface area (Å²) >= 11 is 0. The van der Waals surface area contributed by atoms with Crippen molar-refractivity contribution in [2.45, 2.75) is 6.04 Å². The standard InChI is InChI=1S/C6H9N3O6/c7-6(15)8-1-2(4(11)12)9-3(10)5(13)14/h2H,1H2,(H,9,10)(H,11,12)(H,13,14)(H3,7,8,15)/t2-/m0/s1. The Bertz CT molecular complexity index is 301. The third-order valence-electron chi connectivity index (χ3n) is 1.28. The Morgan fingerprint density at radius 2 is 1.73 bits per heavy atom. The molecule has 0 fully saturated rings. The summed E-state index contributed by atoms with van der Waals surface area (Å²) in [5, 5.41) is 20.3. The summed E-state index contributed by atoms with van der Waals surface area (Å²) in [6.07, 6.45) is 0. The summed E-state index contributed by atoms with van der Waals surface area (Å²) < 4.78 is 0. The van der Waals surface area contributed by atoms with E-state index in [1.165, 1.54) is 0 Å². The number of carbonyl (C=O) groups is 4. The first kappa shape index (κ1) is 12.7. The highest BCUT2D eigenvalue weighted by atomic mass is 16.4. The van der Waals surface area contributed by atoms with Crippen LogP contribution in [-0.4, -0.2) is 46.7 Å². The van der Waals surface area contributed by atoms with Gasteiger partial charge in [-0.25, -0.2) is 14.4 Å². The molecule has 6 N–H and O–H groups in total. The number of carbonyl (C=O) groups excluding carboxylic acids is 2. The molecule has 0 heterocycles. The molecule has 0 rings (SSSR count). The largest absolute Gasteiger partial charge is 0.480 e. The Morgan fingerprint density at radius 1 is 1.20 bits per heavy atom. The topological polar surface area (TPSA) is 159 Å². The lowest BCUT2D eigenvalue weighted by Crippen LogP contribution is -2.51. The number of hydrogen-bond acceptors (Lipinski definition) is 4. The molecule has 0 unspecified atom stereocenters. The number of nitrogens with one attached hydrogen (secondary N) is 2. The third-order valence-corrected chi connectivity index (χ3v) is 1.28. The van der Waals surface area contributed by atoms with Gasteiger partial charge in [0.05, 0.1) is 6.54 Å². The summed E-state index contributed by atoms with van der Waals surface area (Å²) in [6.45, 7) is -0.496. The second-order valence-electron chi connectivity index (χ2n) is 2.41. The Kier molecular flexibility index (Phi) is 4.58. The zero-order valence-corrected chi connectivity index (χ0v) is 7.39. The van der Waals surface area contributed by atoms with E-state index in [2.05, 4.69) is 5.73 Å². The summed E-state index contributed by atoms with van der Waals surface area (Å²) in [7, 11) is 0. The van der Waals surface area contributed by atoms with E-state index >= 15 is 0 Å². The van der Waals surface area contributed by atoms with Gasteiger partial charge >= 0.3 is 23.9 Å². The number of urea groups is 1. The highest BCUT2D eigenvalue weighted by molar-refractivity contribution is 6.31. The minimum absolute atomic E-state index is 0.496. The molecule has 0 aromatic carbocycles. The van der Waals surface area contributed by atoms with Gasteiger partial charge in [0.1, 0.15) is 6.04 Å². The monoisotopic (exact) mass is 219 g/mol. The number of hydrogen-bond donors (Lipinski definition) is 5. The van der Waals surface area contributed by atoms with Crippen LogP contribution in [0.5, 0.6) is 0 Å². The van der Waals surface area contributed by atoms with E-state index in [-0.39, 0.29) is 0 Å². The fourth-order valence-corrected chi connectivity index (χ4v) is 0.623. The first-order valence-corrected chi connectivity index (χ1v) is 3.64. The Labute approximate surface area is 83.2 Å². The molecule has 1 atom stereocenters. The molecule has 0 aromatic rings. The SMILES string of the molecule is NC(=O)NC[C@H](NC(=O)C(=O)O)C(=O)O. The zero-order chi connectivity index (χ0) is 12.0. The van der Waals surface area contributed by atoms with Crippen LogP contribution < -0.4 is 16.4 Å². The van der Waals surface area contributed by atoms with Crippen LogP contribution >= 0.6 is 0 Å². The number of nitrogens with two attached hydrogens (primary N) is 1. The minimum Gasteiger partial charge on any atom is -0.480 e. The maximum absolute atomic E-state index is 10.6. The molecule has 0 saturated carbocycles. The molecule has 84 valence electrons. The minimum atomic E-state index is -1.82. The average molecular weight is 219 g/mol. The van der Waals surface area contributed by atoms with Crippen LogP contribution in [-0.2, 0) is 14.4 Å². The second kappa shape index (κ2) is 5.42. The van der Waals surface area contributed by atoms with Crippen LogP contribution in [0.4, 0.5) is 4.79 Å². The molecule has 9 heteroatoms. The average Bonchev–Trinajstić information content (AvgIpc) is 2.10. The molecule has 0 aromatic heterocycles. The Balaban J connectivity index is 4.28. The number of aliphatic carboxylic acids is 2. The van der Waals surface area contributed by atoms with E-state index in [0.717, 1.165) is 0 Å². The van der Waals surface area contributed by atoms with Crippen molar-refractivity contribution in [2.75, 3.05) is 6.54 Å². The van der Waals surface area contributed by atoms with Gasteiger partial charge in [-0.05, 0) is 0 Å². The van der Waals surface area contributed by atoms with Crippen molar-refractivity contribution in [3.05, 3.63) is 0 Å². The maximum atomic E-state index is 10.6. The van der Waals surface area contributed by atoms with E-state index in [4.69, 9.17) is 10.2 Å². The molecule has 0 aliphatic carbocycles. The van der Waals surface area contributed by atoms with Gasteiger partial charge in [-0.1, -0.05) is 0 Å². The van der Waals surface area contributed by atoms with E-state index in [0.29, 0.717) is 0 Å². The van der Waals surface area contributed by atoms with Crippen molar-refractivity contribution in [1.82, 2.24) is 10.6 Å². The first-order valence-electron chi connectivity index (χ1n) is 3.64. The van der Waals surface area contributed by atoms with Crippen LogP contribution in [0, 0.1) is 0 Å². The van der Waals surface area contributed by atoms with Gasteiger partial charge in [-0.2, -0.15) is 0 Å². The first-order chi connectivity index (χ1) is 6.84. The normalized spacial score (nSPS) is 11.2. The molecule has 0 spiro atoms. The number of rotatable bonds is 4. The Morgan fingerprint density at radius 3 is 2.07 bits per heavy atom.